The largest absolute Gasteiger partial charge is 0.477 e. The predicted octanol–water partition coefficient (Wildman–Crippen LogP) is 3.31. The highest BCUT2D eigenvalue weighted by Crippen LogP contribution is 2.24. The molecule has 5 nitrogen and oxygen atoms in total. The van der Waals surface area contributed by atoms with E-state index >= 15 is 0 Å². The molecule has 0 bridgehead atoms. The van der Waals surface area contributed by atoms with Crippen LogP contribution in [0.1, 0.15) is 58.4 Å². The van der Waals surface area contributed by atoms with Crippen molar-refractivity contribution >= 4 is 5.82 Å². The summed E-state index contributed by atoms with van der Waals surface area (Å²) in [5.41, 5.74) is 3.60. The number of hydrazine groups is 1. The molecule has 0 spiro atoms. The Bertz CT molecular complexity index is 384. The summed E-state index contributed by atoms with van der Waals surface area (Å²) in [6, 6.07) is 0. The van der Waals surface area contributed by atoms with Gasteiger partial charge in [0.2, 0.25) is 5.88 Å². The number of nitrogen functional groups attached to an aromatic ring is 1. The second-order valence-electron chi connectivity index (χ2n) is 5.13. The average molecular weight is 280 g/mol. The van der Waals surface area contributed by atoms with Crippen molar-refractivity contribution < 1.29 is 4.74 Å². The average Bonchev–Trinajstić information content (AvgIpc) is 2.48. The fraction of sp³-hybridized carbons (Fsp3) is 0.733. The zero-order valence-electron chi connectivity index (χ0n) is 13.0. The smallest absolute Gasteiger partial charge is 0.221 e. The molecule has 0 amide bonds. The maximum Gasteiger partial charge on any atom is 0.221 e. The number of ether oxygens (including phenoxy) is 1. The number of hydrogen-bond donors (Lipinski definition) is 2. The van der Waals surface area contributed by atoms with Crippen LogP contribution in [0.2, 0.25) is 0 Å². The first-order valence-corrected chi connectivity index (χ1v) is 7.69. The highest BCUT2D eigenvalue weighted by atomic mass is 16.5. The minimum absolute atomic E-state index is 0.591. The topological polar surface area (TPSA) is 73.1 Å². The van der Waals surface area contributed by atoms with Gasteiger partial charge in [-0.3, -0.25) is 0 Å². The molecule has 1 rings (SSSR count). The summed E-state index contributed by atoms with van der Waals surface area (Å²) in [6.07, 6.45) is 8.19. The molecule has 1 aromatic rings. The third kappa shape index (κ3) is 4.96. The van der Waals surface area contributed by atoms with Crippen LogP contribution in [0.5, 0.6) is 5.88 Å². The van der Waals surface area contributed by atoms with E-state index in [9.17, 15) is 0 Å². The summed E-state index contributed by atoms with van der Waals surface area (Å²) >= 11 is 0. The molecular formula is C15H28N4O. The molecule has 1 heterocycles. The molecule has 0 saturated heterocycles. The number of rotatable bonds is 10. The maximum absolute atomic E-state index is 5.94. The van der Waals surface area contributed by atoms with Crippen molar-refractivity contribution in [1.29, 1.82) is 0 Å². The Morgan fingerprint density at radius 3 is 2.65 bits per heavy atom. The van der Waals surface area contributed by atoms with E-state index in [0.29, 0.717) is 24.2 Å². The minimum Gasteiger partial charge on any atom is -0.477 e. The number of nitrogens with zero attached hydrogens (tertiary/aromatic N) is 2. The molecule has 1 atom stereocenters. The highest BCUT2D eigenvalue weighted by Gasteiger charge is 2.13. The van der Waals surface area contributed by atoms with Gasteiger partial charge in [-0.1, -0.05) is 46.5 Å². The number of unbranched alkanes of at least 4 members (excludes halogenated alkanes) is 1. The van der Waals surface area contributed by atoms with E-state index in [2.05, 4.69) is 36.2 Å². The fourth-order valence-corrected chi connectivity index (χ4v) is 2.22. The third-order valence-corrected chi connectivity index (χ3v) is 3.54. The zero-order valence-corrected chi connectivity index (χ0v) is 13.0. The van der Waals surface area contributed by atoms with Crippen LogP contribution >= 0.6 is 0 Å². The molecule has 0 aliphatic carbocycles. The van der Waals surface area contributed by atoms with E-state index in [1.807, 2.05) is 0 Å². The lowest BCUT2D eigenvalue weighted by Crippen LogP contribution is -2.16. The van der Waals surface area contributed by atoms with Crippen molar-refractivity contribution in [3.8, 4) is 5.88 Å². The van der Waals surface area contributed by atoms with Crippen LogP contribution < -0.4 is 16.0 Å². The Labute approximate surface area is 122 Å². The third-order valence-electron chi connectivity index (χ3n) is 3.54. The van der Waals surface area contributed by atoms with E-state index in [4.69, 9.17) is 10.6 Å². The molecule has 0 radical (unpaired) electrons. The monoisotopic (exact) mass is 280 g/mol. The van der Waals surface area contributed by atoms with Gasteiger partial charge in [0.1, 0.15) is 12.1 Å². The summed E-state index contributed by atoms with van der Waals surface area (Å²) in [7, 11) is 0. The molecule has 0 aromatic carbocycles. The number of nitrogens with one attached hydrogen (secondary N) is 1. The van der Waals surface area contributed by atoms with Gasteiger partial charge in [0.05, 0.1) is 12.2 Å². The first kappa shape index (κ1) is 16.7. The summed E-state index contributed by atoms with van der Waals surface area (Å²) in [6.45, 7) is 7.27. The molecule has 1 aromatic heterocycles. The molecule has 5 heteroatoms. The van der Waals surface area contributed by atoms with Gasteiger partial charge >= 0.3 is 0 Å². The van der Waals surface area contributed by atoms with Gasteiger partial charge < -0.3 is 10.2 Å². The van der Waals surface area contributed by atoms with Crippen molar-refractivity contribution in [3.63, 3.8) is 0 Å². The molecule has 1 unspecified atom stereocenters. The standard InChI is InChI=1S/C15H28N4O/c1-4-7-9-12(6-3)10-20-15-13(8-5-2)14(19-16)17-11-18-15/h11-12H,4-10,16H2,1-3H3,(H,17,18,19). The minimum atomic E-state index is 0.591. The van der Waals surface area contributed by atoms with Crippen molar-refractivity contribution in [1.82, 2.24) is 9.97 Å². The highest BCUT2D eigenvalue weighted by molar-refractivity contribution is 5.47. The van der Waals surface area contributed by atoms with Crippen LogP contribution in [0.3, 0.4) is 0 Å². The van der Waals surface area contributed by atoms with Gasteiger partial charge in [0, 0.05) is 0 Å². The second-order valence-corrected chi connectivity index (χ2v) is 5.13. The second kappa shape index (κ2) is 9.53. The summed E-state index contributed by atoms with van der Waals surface area (Å²) in [5, 5.41) is 0. The van der Waals surface area contributed by atoms with Crippen LogP contribution in [-0.2, 0) is 6.42 Å². The van der Waals surface area contributed by atoms with Gasteiger partial charge in [-0.2, -0.15) is 0 Å². The summed E-state index contributed by atoms with van der Waals surface area (Å²) in [4.78, 5) is 8.41. The van der Waals surface area contributed by atoms with Crippen LogP contribution in [0.4, 0.5) is 5.82 Å². The van der Waals surface area contributed by atoms with Gasteiger partial charge in [0.15, 0.2) is 0 Å². The van der Waals surface area contributed by atoms with E-state index in [0.717, 1.165) is 24.8 Å². The molecule has 0 aliphatic heterocycles. The molecule has 3 N–H and O–H groups in total. The maximum atomic E-state index is 5.94. The van der Waals surface area contributed by atoms with E-state index in [1.165, 1.54) is 25.6 Å². The number of anilines is 1. The number of nitrogens with two attached hydrogens (primary N) is 1. The Morgan fingerprint density at radius 1 is 1.25 bits per heavy atom. The SMILES string of the molecule is CCCCC(CC)COc1ncnc(NN)c1CCC. The van der Waals surface area contributed by atoms with Crippen LogP contribution in [0, 0.1) is 5.92 Å². The van der Waals surface area contributed by atoms with Crippen molar-refractivity contribution in [2.24, 2.45) is 11.8 Å². The van der Waals surface area contributed by atoms with Crippen molar-refractivity contribution in [2.75, 3.05) is 12.0 Å². The molecule has 0 aliphatic rings. The van der Waals surface area contributed by atoms with Gasteiger partial charge in [-0.15, -0.1) is 0 Å². The predicted molar refractivity (Wildman–Crippen MR) is 82.6 cm³/mol. The first-order chi connectivity index (χ1) is 9.76. The lowest BCUT2D eigenvalue weighted by molar-refractivity contribution is 0.223. The van der Waals surface area contributed by atoms with E-state index in [1.54, 1.807) is 0 Å². The molecule has 114 valence electrons. The lowest BCUT2D eigenvalue weighted by atomic mass is 10.0. The molecular weight excluding hydrogens is 252 g/mol. The van der Waals surface area contributed by atoms with Crippen molar-refractivity contribution in [3.05, 3.63) is 11.9 Å². The van der Waals surface area contributed by atoms with Gasteiger partial charge in [-0.05, 0) is 18.8 Å². The first-order valence-electron chi connectivity index (χ1n) is 7.69. The summed E-state index contributed by atoms with van der Waals surface area (Å²) in [5.74, 6) is 7.43. The summed E-state index contributed by atoms with van der Waals surface area (Å²) < 4.78 is 5.94. The molecule has 0 fully saturated rings. The van der Waals surface area contributed by atoms with Crippen LogP contribution in [-0.4, -0.2) is 16.6 Å². The fourth-order valence-electron chi connectivity index (χ4n) is 2.22. The van der Waals surface area contributed by atoms with Crippen LogP contribution in [0.15, 0.2) is 6.33 Å². The normalized spacial score (nSPS) is 12.2. The van der Waals surface area contributed by atoms with Crippen LogP contribution in [0.25, 0.3) is 0 Å². The Balaban J connectivity index is 2.70. The Morgan fingerprint density at radius 2 is 2.05 bits per heavy atom. The number of hydrogen-bond acceptors (Lipinski definition) is 5. The lowest BCUT2D eigenvalue weighted by Gasteiger charge is -2.17. The Kier molecular flexibility index (Phi) is 7.95. The number of aromatic nitrogens is 2. The van der Waals surface area contributed by atoms with E-state index < -0.39 is 0 Å². The molecule has 0 saturated carbocycles. The zero-order chi connectivity index (χ0) is 14.8. The quantitative estimate of drug-likeness (QED) is 0.508. The van der Waals surface area contributed by atoms with E-state index in [-0.39, 0.29) is 0 Å². The Hall–Kier alpha value is -1.36. The van der Waals surface area contributed by atoms with Gasteiger partial charge in [-0.25, -0.2) is 15.8 Å². The van der Waals surface area contributed by atoms with Gasteiger partial charge in [0.25, 0.3) is 0 Å². The molecule has 20 heavy (non-hydrogen) atoms. The van der Waals surface area contributed by atoms with Crippen molar-refractivity contribution in [2.45, 2.75) is 59.3 Å².